The van der Waals surface area contributed by atoms with Crippen molar-refractivity contribution in [2.45, 2.75) is 16.2 Å². The number of carbonyl (C=O) groups excluding carboxylic acids is 1. The van der Waals surface area contributed by atoms with Crippen LogP contribution in [0.5, 0.6) is 5.75 Å². The zero-order chi connectivity index (χ0) is 22.4. The number of thioether (sulfide) groups is 1. The van der Waals surface area contributed by atoms with Crippen LogP contribution in [0.1, 0.15) is 6.92 Å². The van der Waals surface area contributed by atoms with E-state index in [1.54, 1.807) is 36.4 Å². The van der Waals surface area contributed by atoms with E-state index in [0.29, 0.717) is 27.5 Å². The second-order valence-electron chi connectivity index (χ2n) is 6.02. The van der Waals surface area contributed by atoms with Crippen molar-refractivity contribution in [1.29, 1.82) is 0 Å². The molecule has 1 N–H and O–H groups in total. The van der Waals surface area contributed by atoms with Crippen molar-refractivity contribution in [2.75, 3.05) is 29.0 Å². The summed E-state index contributed by atoms with van der Waals surface area (Å²) in [6.07, 6.45) is 1.85. The standard InChI is InChI=1S/C19H19BrN4O4S3/c1-3-28-15-8-6-14(7-9-15)24(31(26,27)16-10-4-13(20)5-11-16)12-17(25)21-18-22-23-19(29-2)30-18/h4-11H,3,12H2,1-2H3,(H,21,22,25). The molecule has 2 aromatic carbocycles. The molecule has 1 amide bonds. The van der Waals surface area contributed by atoms with Gasteiger partial charge in [-0.15, -0.1) is 10.2 Å². The van der Waals surface area contributed by atoms with Gasteiger partial charge in [0.1, 0.15) is 12.3 Å². The maximum absolute atomic E-state index is 13.4. The van der Waals surface area contributed by atoms with E-state index in [1.165, 1.54) is 35.2 Å². The number of hydrogen-bond donors (Lipinski definition) is 1. The zero-order valence-corrected chi connectivity index (χ0v) is 20.6. The third-order valence-electron chi connectivity index (χ3n) is 3.95. The Balaban J connectivity index is 1.91. The van der Waals surface area contributed by atoms with E-state index in [4.69, 9.17) is 4.74 Å². The number of amides is 1. The summed E-state index contributed by atoms with van der Waals surface area (Å²) in [4.78, 5) is 12.7. The van der Waals surface area contributed by atoms with Gasteiger partial charge in [-0.3, -0.25) is 14.4 Å². The van der Waals surface area contributed by atoms with Gasteiger partial charge in [0.05, 0.1) is 17.2 Å². The first-order valence-electron chi connectivity index (χ1n) is 9.02. The van der Waals surface area contributed by atoms with E-state index >= 15 is 0 Å². The molecular formula is C19H19BrN4O4S3. The molecule has 1 heterocycles. The van der Waals surface area contributed by atoms with Gasteiger partial charge in [0.25, 0.3) is 10.0 Å². The lowest BCUT2D eigenvalue weighted by Gasteiger charge is -2.24. The average molecular weight is 543 g/mol. The molecule has 0 spiro atoms. The summed E-state index contributed by atoms with van der Waals surface area (Å²) in [5.41, 5.74) is 0.337. The Bertz CT molecular complexity index is 1140. The van der Waals surface area contributed by atoms with Crippen LogP contribution < -0.4 is 14.4 Å². The summed E-state index contributed by atoms with van der Waals surface area (Å²) < 4.78 is 34.7. The molecule has 8 nitrogen and oxygen atoms in total. The summed E-state index contributed by atoms with van der Waals surface area (Å²) >= 11 is 5.93. The van der Waals surface area contributed by atoms with Crippen LogP contribution in [0.4, 0.5) is 10.8 Å². The van der Waals surface area contributed by atoms with E-state index in [9.17, 15) is 13.2 Å². The number of hydrogen-bond acceptors (Lipinski definition) is 8. The third kappa shape index (κ3) is 5.97. The number of nitrogens with one attached hydrogen (secondary N) is 1. The van der Waals surface area contributed by atoms with Crippen LogP contribution in [0.2, 0.25) is 0 Å². The maximum Gasteiger partial charge on any atom is 0.264 e. The van der Waals surface area contributed by atoms with Gasteiger partial charge in [-0.25, -0.2) is 8.42 Å². The van der Waals surface area contributed by atoms with Crippen molar-refractivity contribution in [2.24, 2.45) is 0 Å². The SMILES string of the molecule is CCOc1ccc(N(CC(=O)Nc2nnc(SC)s2)S(=O)(=O)c2ccc(Br)cc2)cc1. The van der Waals surface area contributed by atoms with Crippen molar-refractivity contribution in [1.82, 2.24) is 10.2 Å². The molecule has 0 saturated carbocycles. The molecule has 0 fully saturated rings. The summed E-state index contributed by atoms with van der Waals surface area (Å²) in [7, 11) is -4.01. The van der Waals surface area contributed by atoms with Gasteiger partial charge in [-0.05, 0) is 61.7 Å². The van der Waals surface area contributed by atoms with E-state index in [1.807, 2.05) is 13.2 Å². The van der Waals surface area contributed by atoms with Crippen LogP contribution in [0.3, 0.4) is 0 Å². The van der Waals surface area contributed by atoms with Crippen LogP contribution in [0.15, 0.2) is 62.2 Å². The Labute approximate surface area is 197 Å². The highest BCUT2D eigenvalue weighted by Crippen LogP contribution is 2.27. The normalized spacial score (nSPS) is 11.2. The van der Waals surface area contributed by atoms with E-state index < -0.39 is 22.5 Å². The Kier molecular flexibility index (Phi) is 7.92. The van der Waals surface area contributed by atoms with Gasteiger partial charge < -0.3 is 4.74 Å². The van der Waals surface area contributed by atoms with E-state index in [2.05, 4.69) is 31.4 Å². The molecule has 12 heteroatoms. The molecule has 0 aliphatic heterocycles. The lowest BCUT2D eigenvalue weighted by atomic mass is 10.3. The first-order chi connectivity index (χ1) is 14.8. The van der Waals surface area contributed by atoms with Crippen LogP contribution in [0.25, 0.3) is 0 Å². The smallest absolute Gasteiger partial charge is 0.264 e. The quantitative estimate of drug-likeness (QED) is 0.318. The highest BCUT2D eigenvalue weighted by molar-refractivity contribution is 9.10. The van der Waals surface area contributed by atoms with Gasteiger partial charge in [0, 0.05) is 4.47 Å². The van der Waals surface area contributed by atoms with Crippen molar-refractivity contribution >= 4 is 65.8 Å². The number of sulfonamides is 1. The number of nitrogens with zero attached hydrogens (tertiary/aromatic N) is 3. The topological polar surface area (TPSA) is 101 Å². The lowest BCUT2D eigenvalue weighted by Crippen LogP contribution is -2.38. The van der Waals surface area contributed by atoms with Gasteiger partial charge in [0.15, 0.2) is 4.34 Å². The predicted octanol–water partition coefficient (Wildman–Crippen LogP) is 4.26. The Morgan fingerprint density at radius 2 is 1.84 bits per heavy atom. The van der Waals surface area contributed by atoms with E-state index in [-0.39, 0.29) is 4.90 Å². The highest BCUT2D eigenvalue weighted by atomic mass is 79.9. The van der Waals surface area contributed by atoms with Crippen molar-refractivity contribution in [3.63, 3.8) is 0 Å². The molecule has 0 saturated heterocycles. The zero-order valence-electron chi connectivity index (χ0n) is 16.6. The molecule has 0 unspecified atom stereocenters. The Morgan fingerprint density at radius 3 is 2.42 bits per heavy atom. The number of benzene rings is 2. The number of rotatable bonds is 9. The molecule has 0 aliphatic carbocycles. The number of halogens is 1. The fourth-order valence-electron chi connectivity index (χ4n) is 2.56. The first-order valence-corrected chi connectivity index (χ1v) is 13.3. The monoisotopic (exact) mass is 542 g/mol. The molecule has 164 valence electrons. The van der Waals surface area contributed by atoms with Crippen LogP contribution >= 0.6 is 39.0 Å². The maximum atomic E-state index is 13.4. The number of ether oxygens (including phenoxy) is 1. The second-order valence-corrected chi connectivity index (χ2v) is 10.8. The highest BCUT2D eigenvalue weighted by Gasteiger charge is 2.27. The van der Waals surface area contributed by atoms with Crippen LogP contribution in [-0.4, -0.2) is 43.9 Å². The largest absolute Gasteiger partial charge is 0.494 e. The molecule has 0 aliphatic rings. The number of carbonyl (C=O) groups is 1. The minimum atomic E-state index is -4.01. The molecule has 1 aromatic heterocycles. The molecule has 3 aromatic rings. The summed E-state index contributed by atoms with van der Waals surface area (Å²) in [6, 6.07) is 12.8. The molecule has 31 heavy (non-hydrogen) atoms. The van der Waals surface area contributed by atoms with Gasteiger partial charge in [0.2, 0.25) is 11.0 Å². The lowest BCUT2D eigenvalue weighted by molar-refractivity contribution is -0.114. The molecule has 3 rings (SSSR count). The molecule has 0 bridgehead atoms. The molecule has 0 atom stereocenters. The number of anilines is 2. The fraction of sp³-hybridized carbons (Fsp3) is 0.211. The summed E-state index contributed by atoms with van der Waals surface area (Å²) in [5, 5.41) is 10.7. The van der Waals surface area contributed by atoms with Gasteiger partial charge in [-0.2, -0.15) is 0 Å². The van der Waals surface area contributed by atoms with Crippen LogP contribution in [0, 0.1) is 0 Å². The van der Waals surface area contributed by atoms with Gasteiger partial charge >= 0.3 is 0 Å². The Hall–Kier alpha value is -2.15. The minimum absolute atomic E-state index is 0.0676. The average Bonchev–Trinajstić information content (AvgIpc) is 3.20. The van der Waals surface area contributed by atoms with Crippen molar-refractivity contribution < 1.29 is 17.9 Å². The second kappa shape index (κ2) is 10.4. The molecular weight excluding hydrogens is 524 g/mol. The predicted molar refractivity (Wildman–Crippen MR) is 127 cm³/mol. The minimum Gasteiger partial charge on any atom is -0.494 e. The molecule has 0 radical (unpaired) electrons. The van der Waals surface area contributed by atoms with Crippen molar-refractivity contribution in [3.05, 3.63) is 53.0 Å². The van der Waals surface area contributed by atoms with E-state index in [0.717, 1.165) is 8.78 Å². The fourth-order valence-corrected chi connectivity index (χ4v) is 5.43. The van der Waals surface area contributed by atoms with Gasteiger partial charge in [-0.1, -0.05) is 39.0 Å². The third-order valence-corrected chi connectivity index (χ3v) is 8.08. The summed E-state index contributed by atoms with van der Waals surface area (Å²) in [6.45, 7) is 1.92. The first kappa shape index (κ1) is 23.5. The van der Waals surface area contributed by atoms with Crippen molar-refractivity contribution in [3.8, 4) is 5.75 Å². The Morgan fingerprint density at radius 1 is 1.16 bits per heavy atom. The number of aromatic nitrogens is 2. The summed E-state index contributed by atoms with van der Waals surface area (Å²) in [5.74, 6) is 0.0773. The van der Waals surface area contributed by atoms with Crippen LogP contribution in [-0.2, 0) is 14.8 Å².